The van der Waals surface area contributed by atoms with E-state index < -0.39 is 0 Å². The lowest BCUT2D eigenvalue weighted by Crippen LogP contribution is -2.33. The van der Waals surface area contributed by atoms with Gasteiger partial charge in [0.05, 0.1) is 18.8 Å². The molecule has 1 aliphatic rings. The fourth-order valence-corrected chi connectivity index (χ4v) is 3.92. The van der Waals surface area contributed by atoms with Crippen LogP contribution in [0.5, 0.6) is 0 Å². The molecule has 1 saturated heterocycles. The fraction of sp³-hybridized carbons (Fsp3) is 0.286. The Bertz CT molecular complexity index is 1150. The molecule has 5 rings (SSSR count). The van der Waals surface area contributed by atoms with Crippen molar-refractivity contribution in [2.24, 2.45) is 0 Å². The summed E-state index contributed by atoms with van der Waals surface area (Å²) in [6.45, 7) is 3.07. The molecule has 2 N–H and O–H groups in total. The monoisotopic (exact) mass is 389 g/mol. The Balaban J connectivity index is 1.47. The van der Waals surface area contributed by atoms with Gasteiger partial charge < -0.3 is 19.9 Å². The van der Waals surface area contributed by atoms with Crippen molar-refractivity contribution >= 4 is 23.1 Å². The molecule has 0 amide bonds. The van der Waals surface area contributed by atoms with Crippen LogP contribution in [0.1, 0.15) is 18.4 Å². The number of aliphatic hydroxyl groups is 1. The molecule has 8 nitrogen and oxygen atoms in total. The first-order valence-corrected chi connectivity index (χ1v) is 9.82. The molecule has 29 heavy (non-hydrogen) atoms. The Labute approximate surface area is 168 Å². The number of nitrogens with one attached hydrogen (secondary N) is 1. The molecule has 0 spiro atoms. The molecule has 4 heterocycles. The molecule has 1 aromatic carbocycles. The van der Waals surface area contributed by atoms with E-state index in [0.717, 1.165) is 36.4 Å². The highest BCUT2D eigenvalue weighted by Crippen LogP contribution is 2.29. The maximum atomic E-state index is 9.74. The first kappa shape index (κ1) is 17.7. The minimum absolute atomic E-state index is 0.0944. The van der Waals surface area contributed by atoms with Gasteiger partial charge in [-0.1, -0.05) is 12.1 Å². The van der Waals surface area contributed by atoms with Gasteiger partial charge in [-0.2, -0.15) is 4.98 Å². The number of aromatic nitrogens is 5. The van der Waals surface area contributed by atoms with Crippen LogP contribution >= 0.6 is 0 Å². The predicted molar refractivity (Wildman–Crippen MR) is 112 cm³/mol. The maximum Gasteiger partial charge on any atom is 0.248 e. The molecule has 0 aliphatic carbocycles. The van der Waals surface area contributed by atoms with Gasteiger partial charge in [-0.05, 0) is 49.6 Å². The van der Waals surface area contributed by atoms with Gasteiger partial charge in [-0.3, -0.25) is 0 Å². The number of nitrogens with zero attached hydrogens (tertiary/aromatic N) is 6. The van der Waals surface area contributed by atoms with Gasteiger partial charge in [0, 0.05) is 18.4 Å². The van der Waals surface area contributed by atoms with Crippen LogP contribution < -0.4 is 10.2 Å². The highest BCUT2D eigenvalue weighted by molar-refractivity contribution is 5.71. The van der Waals surface area contributed by atoms with Crippen LogP contribution in [0, 0.1) is 6.92 Å². The van der Waals surface area contributed by atoms with E-state index >= 15 is 0 Å². The van der Waals surface area contributed by atoms with E-state index in [-0.39, 0.29) is 12.6 Å². The molecule has 0 saturated carbocycles. The van der Waals surface area contributed by atoms with Gasteiger partial charge in [-0.15, -0.1) is 5.10 Å². The van der Waals surface area contributed by atoms with Crippen LogP contribution in [0.15, 0.2) is 55.1 Å². The number of aryl methyl sites for hydroxylation is 1. The summed E-state index contributed by atoms with van der Waals surface area (Å²) in [7, 11) is 0. The number of benzene rings is 1. The van der Waals surface area contributed by atoms with Gasteiger partial charge in [0.1, 0.15) is 11.8 Å². The predicted octanol–water partition coefficient (Wildman–Crippen LogP) is 2.93. The van der Waals surface area contributed by atoms with Crippen LogP contribution in [0.2, 0.25) is 0 Å². The first-order chi connectivity index (χ1) is 14.2. The Morgan fingerprint density at radius 2 is 2.17 bits per heavy atom. The topological polar surface area (TPSA) is 83.5 Å². The number of fused-ring (bicyclic) bond motifs is 1. The van der Waals surface area contributed by atoms with Crippen molar-refractivity contribution in [3.8, 4) is 5.69 Å². The molecule has 1 aliphatic heterocycles. The number of aliphatic hydroxyl groups excluding tert-OH is 1. The summed E-state index contributed by atoms with van der Waals surface area (Å²) in [6, 6.07) is 12.3. The number of imidazole rings is 1. The molecule has 0 unspecified atom stereocenters. The number of anilines is 3. The second kappa shape index (κ2) is 7.21. The van der Waals surface area contributed by atoms with Crippen LogP contribution in [0.25, 0.3) is 11.2 Å². The summed E-state index contributed by atoms with van der Waals surface area (Å²) < 4.78 is 3.78. The highest BCUT2D eigenvalue weighted by atomic mass is 16.3. The third-order valence-corrected chi connectivity index (χ3v) is 5.35. The third kappa shape index (κ3) is 3.31. The van der Waals surface area contributed by atoms with Crippen molar-refractivity contribution < 1.29 is 5.11 Å². The van der Waals surface area contributed by atoms with Gasteiger partial charge in [-0.25, -0.2) is 9.50 Å². The third-order valence-electron chi connectivity index (χ3n) is 5.35. The van der Waals surface area contributed by atoms with Gasteiger partial charge in [0.25, 0.3) is 0 Å². The van der Waals surface area contributed by atoms with Gasteiger partial charge in [0.2, 0.25) is 5.95 Å². The normalized spacial score (nSPS) is 16.6. The first-order valence-electron chi connectivity index (χ1n) is 9.82. The Hall–Kier alpha value is -3.39. The molecule has 1 fully saturated rings. The molecule has 0 radical (unpaired) electrons. The number of hydrogen-bond donors (Lipinski definition) is 2. The summed E-state index contributed by atoms with van der Waals surface area (Å²) in [6.07, 6.45) is 7.61. The van der Waals surface area contributed by atoms with E-state index in [1.165, 1.54) is 5.56 Å². The SMILES string of the molecule is Cc1cccc(-n2cnc(Nc3nc(N4CCC[C@H]4CO)c4cccn4n3)c2)c1. The number of rotatable bonds is 5. The molecule has 1 atom stereocenters. The molecule has 8 heteroatoms. The zero-order valence-electron chi connectivity index (χ0n) is 16.2. The van der Waals surface area contributed by atoms with E-state index in [9.17, 15) is 5.11 Å². The summed E-state index contributed by atoms with van der Waals surface area (Å²) in [5, 5.41) is 17.5. The average Bonchev–Trinajstić information content (AvgIpc) is 3.47. The lowest BCUT2D eigenvalue weighted by Gasteiger charge is -2.25. The smallest absolute Gasteiger partial charge is 0.248 e. The van der Waals surface area contributed by atoms with Crippen molar-refractivity contribution in [3.63, 3.8) is 0 Å². The standard InChI is InChI=1S/C21H23N7O/c1-15-5-2-6-16(11-15)26-12-19(22-14-26)23-21-24-20(18-8-4-10-28(18)25-21)27-9-3-7-17(27)13-29/h2,4-6,8,10-12,14,17,29H,3,7,9,13H2,1H3,(H,23,25)/t17-/m0/s1. The minimum atomic E-state index is 0.0944. The molecule has 0 bridgehead atoms. The summed E-state index contributed by atoms with van der Waals surface area (Å²) in [5.74, 6) is 1.98. The van der Waals surface area contributed by atoms with Crippen LogP contribution in [0.3, 0.4) is 0 Å². The quantitative estimate of drug-likeness (QED) is 0.546. The highest BCUT2D eigenvalue weighted by Gasteiger charge is 2.27. The fourth-order valence-electron chi connectivity index (χ4n) is 3.92. The van der Waals surface area contributed by atoms with Gasteiger partial charge in [0.15, 0.2) is 11.6 Å². The Morgan fingerprint density at radius 3 is 3.03 bits per heavy atom. The second-order valence-electron chi connectivity index (χ2n) is 7.40. The van der Waals surface area contributed by atoms with E-state index in [1.807, 2.05) is 45.7 Å². The van der Waals surface area contributed by atoms with Crippen LogP contribution in [-0.2, 0) is 0 Å². The average molecular weight is 389 g/mol. The van der Waals surface area contributed by atoms with E-state index in [1.54, 1.807) is 6.33 Å². The number of hydrogen-bond acceptors (Lipinski definition) is 6. The minimum Gasteiger partial charge on any atom is -0.394 e. The second-order valence-corrected chi connectivity index (χ2v) is 7.40. The van der Waals surface area contributed by atoms with Crippen molar-refractivity contribution in [1.82, 2.24) is 24.1 Å². The molecule has 3 aromatic heterocycles. The molecular weight excluding hydrogens is 366 g/mol. The van der Waals surface area contributed by atoms with Gasteiger partial charge >= 0.3 is 0 Å². The molecule has 4 aromatic rings. The maximum absolute atomic E-state index is 9.74. The Morgan fingerprint density at radius 1 is 1.24 bits per heavy atom. The lowest BCUT2D eigenvalue weighted by molar-refractivity contribution is 0.266. The van der Waals surface area contributed by atoms with Crippen molar-refractivity contribution in [2.45, 2.75) is 25.8 Å². The molecular formula is C21H23N7O. The van der Waals surface area contributed by atoms with Crippen LogP contribution in [-0.4, -0.2) is 48.4 Å². The van der Waals surface area contributed by atoms with E-state index in [4.69, 9.17) is 4.98 Å². The van der Waals surface area contributed by atoms with Crippen LogP contribution in [0.4, 0.5) is 17.6 Å². The van der Waals surface area contributed by atoms with Crippen molar-refractivity contribution in [2.75, 3.05) is 23.4 Å². The van der Waals surface area contributed by atoms with E-state index in [0.29, 0.717) is 11.8 Å². The zero-order valence-corrected chi connectivity index (χ0v) is 16.2. The largest absolute Gasteiger partial charge is 0.394 e. The zero-order chi connectivity index (χ0) is 19.8. The summed E-state index contributed by atoms with van der Waals surface area (Å²) >= 11 is 0. The summed E-state index contributed by atoms with van der Waals surface area (Å²) in [5.41, 5.74) is 3.18. The Kier molecular flexibility index (Phi) is 4.40. The van der Waals surface area contributed by atoms with Crippen molar-refractivity contribution in [1.29, 1.82) is 0 Å². The summed E-state index contributed by atoms with van der Waals surface area (Å²) in [4.78, 5) is 11.4. The lowest BCUT2D eigenvalue weighted by atomic mass is 10.2. The van der Waals surface area contributed by atoms with Crippen molar-refractivity contribution in [3.05, 3.63) is 60.7 Å². The molecule has 148 valence electrons. The van der Waals surface area contributed by atoms with E-state index in [2.05, 4.69) is 39.4 Å².